The van der Waals surface area contributed by atoms with Crippen LogP contribution in [0.1, 0.15) is 53.4 Å². The van der Waals surface area contributed by atoms with Gasteiger partial charge in [0.05, 0.1) is 0 Å². The monoisotopic (exact) mass is 239 g/mol. The molecular weight excluding hydrogens is 210 g/mol. The molecule has 17 heavy (non-hydrogen) atoms. The van der Waals surface area contributed by atoms with Crippen molar-refractivity contribution >= 4 is 5.96 Å². The first-order chi connectivity index (χ1) is 8.11. The van der Waals surface area contributed by atoms with Crippen molar-refractivity contribution in [3.8, 4) is 0 Å². The van der Waals surface area contributed by atoms with Gasteiger partial charge in [0.1, 0.15) is 0 Å². The minimum Gasteiger partial charge on any atom is -0.357 e. The standard InChI is InChI=1S/C14H29N3/c1-5-15-14(17-11(2)3)16-10-13-8-6-7-12(4)9-13/h11-13H,5-10H2,1-4H3,(H2,15,16,17). The van der Waals surface area contributed by atoms with E-state index in [0.29, 0.717) is 6.04 Å². The van der Waals surface area contributed by atoms with E-state index in [1.807, 2.05) is 0 Å². The van der Waals surface area contributed by atoms with Gasteiger partial charge in [0.15, 0.2) is 5.96 Å². The fourth-order valence-electron chi connectivity index (χ4n) is 2.54. The van der Waals surface area contributed by atoms with E-state index < -0.39 is 0 Å². The Morgan fingerprint density at radius 3 is 2.71 bits per heavy atom. The molecule has 0 heterocycles. The van der Waals surface area contributed by atoms with Crippen LogP contribution >= 0.6 is 0 Å². The average Bonchev–Trinajstić information content (AvgIpc) is 2.26. The maximum Gasteiger partial charge on any atom is 0.191 e. The molecule has 0 aromatic carbocycles. The van der Waals surface area contributed by atoms with Crippen molar-refractivity contribution in [2.75, 3.05) is 13.1 Å². The number of hydrogen-bond donors (Lipinski definition) is 2. The molecule has 0 aliphatic heterocycles. The van der Waals surface area contributed by atoms with E-state index in [0.717, 1.165) is 30.9 Å². The lowest BCUT2D eigenvalue weighted by Crippen LogP contribution is -2.41. The van der Waals surface area contributed by atoms with Crippen LogP contribution in [-0.2, 0) is 0 Å². The third kappa shape index (κ3) is 5.94. The number of rotatable bonds is 4. The van der Waals surface area contributed by atoms with Gasteiger partial charge in [-0.25, -0.2) is 0 Å². The fraction of sp³-hybridized carbons (Fsp3) is 0.929. The van der Waals surface area contributed by atoms with Crippen LogP contribution < -0.4 is 10.6 Å². The van der Waals surface area contributed by atoms with Crippen LogP contribution in [0.4, 0.5) is 0 Å². The van der Waals surface area contributed by atoms with Crippen LogP contribution in [-0.4, -0.2) is 25.1 Å². The summed E-state index contributed by atoms with van der Waals surface area (Å²) in [4.78, 5) is 4.71. The van der Waals surface area contributed by atoms with Crippen molar-refractivity contribution in [2.24, 2.45) is 16.8 Å². The molecule has 0 bridgehead atoms. The average molecular weight is 239 g/mol. The Kier molecular flexibility index (Phi) is 6.38. The van der Waals surface area contributed by atoms with Crippen LogP contribution in [0.15, 0.2) is 4.99 Å². The summed E-state index contributed by atoms with van der Waals surface area (Å²) in [6, 6.07) is 0.443. The molecule has 2 N–H and O–H groups in total. The quantitative estimate of drug-likeness (QED) is 0.584. The van der Waals surface area contributed by atoms with Crippen molar-refractivity contribution in [2.45, 2.75) is 59.4 Å². The van der Waals surface area contributed by atoms with Crippen molar-refractivity contribution in [3.05, 3.63) is 0 Å². The van der Waals surface area contributed by atoms with Crippen LogP contribution in [0.2, 0.25) is 0 Å². The molecule has 0 amide bonds. The lowest BCUT2D eigenvalue weighted by Gasteiger charge is -2.25. The Morgan fingerprint density at radius 2 is 2.12 bits per heavy atom. The molecule has 3 nitrogen and oxygen atoms in total. The summed E-state index contributed by atoms with van der Waals surface area (Å²) in [5, 5.41) is 6.67. The Balaban J connectivity index is 2.41. The number of guanidine groups is 1. The molecule has 1 rings (SSSR count). The van der Waals surface area contributed by atoms with Crippen molar-refractivity contribution in [1.29, 1.82) is 0 Å². The summed E-state index contributed by atoms with van der Waals surface area (Å²) in [6.45, 7) is 10.7. The summed E-state index contributed by atoms with van der Waals surface area (Å²) in [7, 11) is 0. The molecule has 1 fully saturated rings. The summed E-state index contributed by atoms with van der Waals surface area (Å²) >= 11 is 0. The molecule has 3 heteroatoms. The zero-order valence-electron chi connectivity index (χ0n) is 11.9. The molecule has 2 unspecified atom stereocenters. The molecule has 0 radical (unpaired) electrons. The smallest absolute Gasteiger partial charge is 0.191 e. The lowest BCUT2D eigenvalue weighted by atomic mass is 9.82. The van der Waals surface area contributed by atoms with Crippen LogP contribution in [0.3, 0.4) is 0 Å². The number of aliphatic imine (C=N–C) groups is 1. The van der Waals surface area contributed by atoms with E-state index in [9.17, 15) is 0 Å². The zero-order chi connectivity index (χ0) is 12.7. The fourth-order valence-corrected chi connectivity index (χ4v) is 2.54. The molecule has 0 spiro atoms. The molecule has 100 valence electrons. The molecule has 2 atom stereocenters. The topological polar surface area (TPSA) is 36.4 Å². The Hall–Kier alpha value is -0.730. The van der Waals surface area contributed by atoms with Crippen LogP contribution in [0.5, 0.6) is 0 Å². The number of nitrogens with zero attached hydrogens (tertiary/aromatic N) is 1. The summed E-state index contributed by atoms with van der Waals surface area (Å²) in [5.41, 5.74) is 0. The van der Waals surface area contributed by atoms with Crippen molar-refractivity contribution < 1.29 is 0 Å². The van der Waals surface area contributed by atoms with Gasteiger partial charge in [-0.1, -0.05) is 19.8 Å². The molecule has 1 aliphatic rings. The zero-order valence-corrected chi connectivity index (χ0v) is 11.9. The van der Waals surface area contributed by atoms with Crippen molar-refractivity contribution in [3.63, 3.8) is 0 Å². The minimum atomic E-state index is 0.443. The summed E-state index contributed by atoms with van der Waals surface area (Å²) in [6.07, 6.45) is 5.50. The number of nitrogens with one attached hydrogen (secondary N) is 2. The largest absolute Gasteiger partial charge is 0.357 e. The maximum atomic E-state index is 4.71. The highest BCUT2D eigenvalue weighted by Crippen LogP contribution is 2.28. The third-order valence-corrected chi connectivity index (χ3v) is 3.32. The SMILES string of the molecule is CCNC(=NCC1CCCC(C)C1)NC(C)C. The van der Waals surface area contributed by atoms with Gasteiger partial charge in [0.2, 0.25) is 0 Å². The third-order valence-electron chi connectivity index (χ3n) is 3.32. The van der Waals surface area contributed by atoms with E-state index in [2.05, 4.69) is 38.3 Å². The lowest BCUT2D eigenvalue weighted by molar-refractivity contribution is 0.289. The van der Waals surface area contributed by atoms with E-state index in [4.69, 9.17) is 4.99 Å². The molecule has 1 saturated carbocycles. The summed E-state index contributed by atoms with van der Waals surface area (Å²) in [5.74, 6) is 2.66. The van der Waals surface area contributed by atoms with Gasteiger partial charge >= 0.3 is 0 Å². The van der Waals surface area contributed by atoms with Crippen LogP contribution in [0, 0.1) is 11.8 Å². The first-order valence-electron chi connectivity index (χ1n) is 7.16. The van der Waals surface area contributed by atoms with E-state index in [1.54, 1.807) is 0 Å². The first kappa shape index (κ1) is 14.3. The molecular formula is C14H29N3. The highest BCUT2D eigenvalue weighted by atomic mass is 15.2. The van der Waals surface area contributed by atoms with Crippen LogP contribution in [0.25, 0.3) is 0 Å². The summed E-state index contributed by atoms with van der Waals surface area (Å²) < 4.78 is 0. The van der Waals surface area contributed by atoms with Gasteiger partial charge < -0.3 is 10.6 Å². The normalized spacial score (nSPS) is 26.1. The van der Waals surface area contributed by atoms with Gasteiger partial charge in [-0.2, -0.15) is 0 Å². The van der Waals surface area contributed by atoms with E-state index in [-0.39, 0.29) is 0 Å². The van der Waals surface area contributed by atoms with Gasteiger partial charge in [-0.3, -0.25) is 4.99 Å². The second kappa shape index (κ2) is 7.57. The Bertz CT molecular complexity index is 236. The van der Waals surface area contributed by atoms with Crippen molar-refractivity contribution in [1.82, 2.24) is 10.6 Å². The maximum absolute atomic E-state index is 4.71. The van der Waals surface area contributed by atoms with E-state index >= 15 is 0 Å². The molecule has 0 aromatic heterocycles. The highest BCUT2D eigenvalue weighted by molar-refractivity contribution is 5.79. The number of hydrogen-bond acceptors (Lipinski definition) is 1. The second-order valence-electron chi connectivity index (χ2n) is 5.66. The van der Waals surface area contributed by atoms with Gasteiger partial charge in [0.25, 0.3) is 0 Å². The van der Waals surface area contributed by atoms with Gasteiger partial charge in [0, 0.05) is 19.1 Å². The molecule has 1 aliphatic carbocycles. The second-order valence-corrected chi connectivity index (χ2v) is 5.66. The van der Waals surface area contributed by atoms with E-state index in [1.165, 1.54) is 25.7 Å². The first-order valence-corrected chi connectivity index (χ1v) is 7.16. The van der Waals surface area contributed by atoms with Gasteiger partial charge in [-0.05, 0) is 45.4 Å². The van der Waals surface area contributed by atoms with Gasteiger partial charge in [-0.15, -0.1) is 0 Å². The highest BCUT2D eigenvalue weighted by Gasteiger charge is 2.18. The predicted octanol–water partition coefficient (Wildman–Crippen LogP) is 2.78. The Morgan fingerprint density at radius 1 is 1.35 bits per heavy atom. The predicted molar refractivity (Wildman–Crippen MR) is 75.4 cm³/mol. The molecule has 0 aromatic rings. The minimum absolute atomic E-state index is 0.443. The Labute approximate surface area is 106 Å². The molecule has 0 saturated heterocycles.